The van der Waals surface area contributed by atoms with E-state index in [9.17, 15) is 4.79 Å². The molecule has 0 spiro atoms. The molecular formula is C20H14Cl2N2O4S. The Labute approximate surface area is 180 Å². The molecular weight excluding hydrogens is 435 g/mol. The van der Waals surface area contributed by atoms with Crippen LogP contribution in [0.25, 0.3) is 22.4 Å². The number of thiazole rings is 1. The second kappa shape index (κ2) is 8.32. The average molecular weight is 449 g/mol. The first-order chi connectivity index (χ1) is 14.0. The van der Waals surface area contributed by atoms with Crippen LogP contribution in [0.2, 0.25) is 10.0 Å². The fourth-order valence-electron chi connectivity index (χ4n) is 2.60. The molecule has 0 unspecified atom stereocenters. The van der Waals surface area contributed by atoms with Gasteiger partial charge in [0.2, 0.25) is 0 Å². The summed E-state index contributed by atoms with van der Waals surface area (Å²) in [6.07, 6.45) is 0. The Morgan fingerprint density at radius 1 is 1.21 bits per heavy atom. The van der Waals surface area contributed by atoms with E-state index in [0.717, 1.165) is 5.39 Å². The number of carbonyl (C=O) groups excluding carboxylic acids is 1. The summed E-state index contributed by atoms with van der Waals surface area (Å²) in [4.78, 5) is 16.6. The van der Waals surface area contributed by atoms with Crippen molar-refractivity contribution in [2.45, 2.75) is 0 Å². The van der Waals surface area contributed by atoms with Crippen molar-refractivity contribution in [1.29, 1.82) is 0 Å². The van der Waals surface area contributed by atoms with Crippen LogP contribution in [0.5, 0.6) is 11.5 Å². The maximum Gasteiger partial charge on any atom is 0.264 e. The van der Waals surface area contributed by atoms with Crippen molar-refractivity contribution in [1.82, 2.24) is 4.98 Å². The average Bonchev–Trinajstić information content (AvgIpc) is 3.33. The van der Waals surface area contributed by atoms with Gasteiger partial charge in [-0.1, -0.05) is 23.2 Å². The number of amides is 1. The maximum atomic E-state index is 12.1. The zero-order valence-corrected chi connectivity index (χ0v) is 17.4. The lowest BCUT2D eigenvalue weighted by atomic mass is 10.2. The van der Waals surface area contributed by atoms with E-state index in [1.807, 2.05) is 29.6 Å². The number of furan rings is 1. The Hall–Kier alpha value is -2.74. The summed E-state index contributed by atoms with van der Waals surface area (Å²) in [5.74, 6) is 1.34. The van der Waals surface area contributed by atoms with Crippen LogP contribution in [-0.4, -0.2) is 24.6 Å². The predicted molar refractivity (Wildman–Crippen MR) is 114 cm³/mol. The van der Waals surface area contributed by atoms with Crippen molar-refractivity contribution in [3.8, 4) is 23.0 Å². The van der Waals surface area contributed by atoms with Gasteiger partial charge in [-0.25, -0.2) is 4.98 Å². The van der Waals surface area contributed by atoms with Gasteiger partial charge in [-0.15, -0.1) is 11.3 Å². The van der Waals surface area contributed by atoms with Gasteiger partial charge in [-0.2, -0.15) is 0 Å². The predicted octanol–water partition coefficient (Wildman–Crippen LogP) is 5.89. The first-order valence-electron chi connectivity index (χ1n) is 8.43. The summed E-state index contributed by atoms with van der Waals surface area (Å²) in [6.45, 7) is -0.208. The largest absolute Gasteiger partial charge is 0.497 e. The van der Waals surface area contributed by atoms with Crippen molar-refractivity contribution >= 4 is 56.5 Å². The minimum Gasteiger partial charge on any atom is -0.497 e. The molecule has 6 nitrogen and oxygen atoms in total. The molecule has 0 aliphatic heterocycles. The Morgan fingerprint density at radius 2 is 2.07 bits per heavy atom. The number of hydrogen-bond acceptors (Lipinski definition) is 6. The molecule has 2 aromatic heterocycles. The Bertz CT molecular complexity index is 1190. The topological polar surface area (TPSA) is 73.6 Å². The highest BCUT2D eigenvalue weighted by atomic mass is 35.5. The Balaban J connectivity index is 1.41. The summed E-state index contributed by atoms with van der Waals surface area (Å²) < 4.78 is 16.5. The highest BCUT2D eigenvalue weighted by molar-refractivity contribution is 7.14. The molecule has 2 aromatic carbocycles. The molecule has 1 N–H and O–H groups in total. The van der Waals surface area contributed by atoms with Crippen LogP contribution >= 0.6 is 34.5 Å². The van der Waals surface area contributed by atoms with E-state index in [0.29, 0.717) is 43.7 Å². The van der Waals surface area contributed by atoms with Gasteiger partial charge in [0.05, 0.1) is 12.1 Å². The van der Waals surface area contributed by atoms with E-state index < -0.39 is 0 Å². The van der Waals surface area contributed by atoms with Gasteiger partial charge in [-0.05, 0) is 36.4 Å². The Kier molecular flexibility index (Phi) is 5.62. The van der Waals surface area contributed by atoms with E-state index >= 15 is 0 Å². The normalized spacial score (nSPS) is 10.9. The quantitative estimate of drug-likeness (QED) is 0.398. The summed E-state index contributed by atoms with van der Waals surface area (Å²) in [7, 11) is 1.60. The molecule has 9 heteroatoms. The number of nitrogens with zero attached hydrogens (tertiary/aromatic N) is 1. The number of fused-ring (bicyclic) bond motifs is 1. The van der Waals surface area contributed by atoms with E-state index in [1.54, 1.807) is 25.3 Å². The van der Waals surface area contributed by atoms with Gasteiger partial charge in [0.15, 0.2) is 17.5 Å². The number of anilines is 1. The smallest absolute Gasteiger partial charge is 0.264 e. The molecule has 0 saturated heterocycles. The second-order valence-electron chi connectivity index (χ2n) is 5.96. The molecule has 148 valence electrons. The Morgan fingerprint density at radius 3 is 2.86 bits per heavy atom. The van der Waals surface area contributed by atoms with Crippen LogP contribution in [0.3, 0.4) is 0 Å². The second-order valence-corrected chi connectivity index (χ2v) is 7.67. The van der Waals surface area contributed by atoms with Crippen molar-refractivity contribution in [3.05, 3.63) is 57.9 Å². The lowest BCUT2D eigenvalue weighted by Gasteiger charge is -2.07. The van der Waals surface area contributed by atoms with E-state index in [2.05, 4.69) is 10.3 Å². The SMILES string of the molecule is COc1ccc2cc(-c3csc(NC(=O)COc4ccc(Cl)cc4Cl)n3)oc2c1. The zero-order valence-electron chi connectivity index (χ0n) is 15.1. The van der Waals surface area contributed by atoms with Crippen molar-refractivity contribution in [3.63, 3.8) is 0 Å². The molecule has 0 saturated carbocycles. The number of nitrogens with one attached hydrogen (secondary N) is 1. The minimum absolute atomic E-state index is 0.208. The van der Waals surface area contributed by atoms with Gasteiger partial charge in [0.1, 0.15) is 22.8 Å². The summed E-state index contributed by atoms with van der Waals surface area (Å²) in [5, 5.41) is 6.71. The van der Waals surface area contributed by atoms with Crippen molar-refractivity contribution < 1.29 is 18.7 Å². The van der Waals surface area contributed by atoms with Gasteiger partial charge >= 0.3 is 0 Å². The molecule has 1 amide bonds. The highest BCUT2D eigenvalue weighted by Gasteiger charge is 2.13. The van der Waals surface area contributed by atoms with Crippen LogP contribution in [0, 0.1) is 0 Å². The third-order valence-electron chi connectivity index (χ3n) is 3.98. The zero-order chi connectivity index (χ0) is 20.4. The highest BCUT2D eigenvalue weighted by Crippen LogP contribution is 2.32. The first kappa shape index (κ1) is 19.6. The number of carbonyl (C=O) groups is 1. The molecule has 0 aliphatic rings. The molecule has 4 rings (SSSR count). The van der Waals surface area contributed by atoms with Crippen LogP contribution in [0.15, 0.2) is 52.3 Å². The third kappa shape index (κ3) is 4.48. The molecule has 0 radical (unpaired) electrons. The summed E-state index contributed by atoms with van der Waals surface area (Å²) in [5.41, 5.74) is 1.33. The number of hydrogen-bond donors (Lipinski definition) is 1. The van der Waals surface area contributed by atoms with Crippen LogP contribution in [0.1, 0.15) is 0 Å². The number of benzene rings is 2. The van der Waals surface area contributed by atoms with E-state index in [4.69, 9.17) is 37.1 Å². The molecule has 0 fully saturated rings. The molecule has 0 aliphatic carbocycles. The molecule has 0 bridgehead atoms. The van der Waals surface area contributed by atoms with Gasteiger partial charge in [0, 0.05) is 21.9 Å². The fourth-order valence-corrected chi connectivity index (χ4v) is 3.78. The third-order valence-corrected chi connectivity index (χ3v) is 5.27. The lowest BCUT2D eigenvalue weighted by Crippen LogP contribution is -2.20. The molecule has 29 heavy (non-hydrogen) atoms. The molecule has 4 aromatic rings. The van der Waals surface area contributed by atoms with Crippen LogP contribution < -0.4 is 14.8 Å². The minimum atomic E-state index is -0.355. The van der Waals surface area contributed by atoms with Gasteiger partial charge in [0.25, 0.3) is 5.91 Å². The summed E-state index contributed by atoms with van der Waals surface area (Å²) in [6, 6.07) is 12.3. The van der Waals surface area contributed by atoms with E-state index in [-0.39, 0.29) is 12.5 Å². The summed E-state index contributed by atoms with van der Waals surface area (Å²) >= 11 is 13.2. The van der Waals surface area contributed by atoms with Crippen molar-refractivity contribution in [2.75, 3.05) is 19.0 Å². The number of halogens is 2. The monoisotopic (exact) mass is 448 g/mol. The number of aromatic nitrogens is 1. The fraction of sp³-hybridized carbons (Fsp3) is 0.100. The number of rotatable bonds is 6. The molecule has 2 heterocycles. The van der Waals surface area contributed by atoms with Gasteiger partial charge in [-0.3, -0.25) is 10.1 Å². The van der Waals surface area contributed by atoms with Crippen LogP contribution in [-0.2, 0) is 4.79 Å². The number of ether oxygens (including phenoxy) is 2. The number of methoxy groups -OCH3 is 1. The first-order valence-corrected chi connectivity index (χ1v) is 10.1. The maximum absolute atomic E-state index is 12.1. The molecule has 0 atom stereocenters. The lowest BCUT2D eigenvalue weighted by molar-refractivity contribution is -0.118. The van der Waals surface area contributed by atoms with Gasteiger partial charge < -0.3 is 13.9 Å². The van der Waals surface area contributed by atoms with Crippen molar-refractivity contribution in [2.24, 2.45) is 0 Å². The van der Waals surface area contributed by atoms with Crippen LogP contribution in [0.4, 0.5) is 5.13 Å². The standard InChI is InChI=1S/C20H14Cl2N2O4S/c1-26-13-4-2-11-6-18(28-17(11)8-13)15-10-29-20(23-15)24-19(25)9-27-16-5-3-12(21)7-14(16)22/h2-8,10H,9H2,1H3,(H,23,24,25). The van der Waals surface area contributed by atoms with E-state index in [1.165, 1.54) is 11.3 Å².